The summed E-state index contributed by atoms with van der Waals surface area (Å²) >= 11 is 0. The normalized spacial score (nSPS) is 11.4. The molecule has 0 unspecified atom stereocenters. The Bertz CT molecular complexity index is 816. The molecule has 0 aromatic heterocycles. The molecule has 0 radical (unpaired) electrons. The smallest absolute Gasteiger partial charge is 0.422 e. The van der Waals surface area contributed by atoms with Gasteiger partial charge in [-0.2, -0.15) is 13.2 Å². The van der Waals surface area contributed by atoms with Crippen LogP contribution in [-0.4, -0.2) is 32.9 Å². The van der Waals surface area contributed by atoms with Crippen molar-refractivity contribution in [1.82, 2.24) is 10.6 Å². The molecule has 2 aromatic carbocycles. The molecule has 0 heterocycles. The zero-order valence-corrected chi connectivity index (χ0v) is 18.2. The van der Waals surface area contributed by atoms with Crippen LogP contribution in [0.2, 0.25) is 0 Å². The molecular formula is C19H22F4IN3O2. The molecule has 0 aliphatic rings. The van der Waals surface area contributed by atoms with Crippen LogP contribution in [0.4, 0.5) is 17.6 Å². The minimum Gasteiger partial charge on any atom is -0.493 e. The van der Waals surface area contributed by atoms with Gasteiger partial charge >= 0.3 is 6.18 Å². The van der Waals surface area contributed by atoms with Crippen LogP contribution < -0.4 is 20.1 Å². The molecule has 2 N–H and O–H groups in total. The van der Waals surface area contributed by atoms with Crippen molar-refractivity contribution in [1.29, 1.82) is 0 Å². The van der Waals surface area contributed by atoms with Gasteiger partial charge in [-0.1, -0.05) is 24.3 Å². The van der Waals surface area contributed by atoms with Gasteiger partial charge < -0.3 is 20.1 Å². The van der Waals surface area contributed by atoms with E-state index in [1.165, 1.54) is 19.2 Å². The average molecular weight is 527 g/mol. The number of halogens is 5. The lowest BCUT2D eigenvalue weighted by molar-refractivity contribution is -0.153. The lowest BCUT2D eigenvalue weighted by Gasteiger charge is -2.15. The Morgan fingerprint density at radius 2 is 1.72 bits per heavy atom. The standard InChI is InChI=1S/C19H21F4N3O2.HI/c1-24-18(26-11-14-5-3-4-6-15(14)20)25-10-13-7-8-16(17(9-13)27-2)28-12-19(21,22)23;/h3-9H,10-12H2,1-2H3,(H2,24,25,26);1H. The van der Waals surface area contributed by atoms with Crippen LogP contribution in [0.1, 0.15) is 11.1 Å². The molecule has 10 heteroatoms. The highest BCUT2D eigenvalue weighted by Gasteiger charge is 2.29. The van der Waals surface area contributed by atoms with Gasteiger partial charge in [0.05, 0.1) is 7.11 Å². The van der Waals surface area contributed by atoms with Gasteiger partial charge in [-0.15, -0.1) is 24.0 Å². The van der Waals surface area contributed by atoms with E-state index in [0.29, 0.717) is 18.1 Å². The Labute approximate surface area is 183 Å². The van der Waals surface area contributed by atoms with Crippen molar-refractivity contribution in [3.8, 4) is 11.5 Å². The maximum Gasteiger partial charge on any atom is 0.422 e. The predicted molar refractivity (Wildman–Crippen MR) is 113 cm³/mol. The fourth-order valence-electron chi connectivity index (χ4n) is 2.33. The number of alkyl halides is 3. The average Bonchev–Trinajstić information content (AvgIpc) is 2.67. The molecule has 0 atom stereocenters. The third-order valence-corrected chi connectivity index (χ3v) is 3.71. The lowest BCUT2D eigenvalue weighted by atomic mass is 10.2. The minimum atomic E-state index is -4.43. The summed E-state index contributed by atoms with van der Waals surface area (Å²) in [6, 6.07) is 11.0. The molecule has 0 saturated carbocycles. The Kier molecular flexibility index (Phi) is 9.99. The highest BCUT2D eigenvalue weighted by Crippen LogP contribution is 2.29. The first-order chi connectivity index (χ1) is 13.3. The zero-order valence-electron chi connectivity index (χ0n) is 15.8. The number of nitrogens with one attached hydrogen (secondary N) is 2. The van der Waals surface area contributed by atoms with Gasteiger partial charge in [0.1, 0.15) is 5.82 Å². The second kappa shape index (κ2) is 11.7. The highest BCUT2D eigenvalue weighted by molar-refractivity contribution is 14.0. The number of hydrogen-bond donors (Lipinski definition) is 2. The van der Waals surface area contributed by atoms with E-state index in [2.05, 4.69) is 15.6 Å². The fraction of sp³-hybridized carbons (Fsp3) is 0.316. The fourth-order valence-corrected chi connectivity index (χ4v) is 2.33. The molecule has 0 aliphatic carbocycles. The summed E-state index contributed by atoms with van der Waals surface area (Å²) < 4.78 is 60.4. The lowest BCUT2D eigenvalue weighted by Crippen LogP contribution is -2.36. The number of nitrogens with zero attached hydrogens (tertiary/aromatic N) is 1. The quantitative estimate of drug-likeness (QED) is 0.245. The van der Waals surface area contributed by atoms with Crippen LogP contribution in [0, 0.1) is 5.82 Å². The summed E-state index contributed by atoms with van der Waals surface area (Å²) in [5.41, 5.74) is 1.24. The van der Waals surface area contributed by atoms with Crippen LogP contribution in [0.5, 0.6) is 11.5 Å². The van der Waals surface area contributed by atoms with Gasteiger partial charge in [0, 0.05) is 25.7 Å². The summed E-state index contributed by atoms with van der Waals surface area (Å²) in [5.74, 6) is 0.327. The van der Waals surface area contributed by atoms with Gasteiger partial charge in [-0.3, -0.25) is 4.99 Å². The SMILES string of the molecule is CN=C(NCc1ccc(OCC(F)(F)F)c(OC)c1)NCc1ccccc1F.I. The van der Waals surface area contributed by atoms with Gasteiger partial charge in [-0.05, 0) is 23.8 Å². The van der Waals surface area contributed by atoms with E-state index < -0.39 is 12.8 Å². The van der Waals surface area contributed by atoms with Crippen LogP contribution >= 0.6 is 24.0 Å². The van der Waals surface area contributed by atoms with E-state index in [1.54, 1.807) is 37.4 Å². The number of guanidine groups is 1. The first-order valence-corrected chi connectivity index (χ1v) is 8.37. The number of ether oxygens (including phenoxy) is 2. The molecular weight excluding hydrogens is 505 g/mol. The van der Waals surface area contributed by atoms with Gasteiger partial charge in [0.15, 0.2) is 24.1 Å². The maximum absolute atomic E-state index is 13.7. The molecule has 0 bridgehead atoms. The zero-order chi connectivity index (χ0) is 20.6. The molecule has 2 rings (SSSR count). The van der Waals surface area contributed by atoms with Crippen molar-refractivity contribution < 1.29 is 27.0 Å². The van der Waals surface area contributed by atoms with Gasteiger partial charge in [0.2, 0.25) is 0 Å². The summed E-state index contributed by atoms with van der Waals surface area (Å²) in [4.78, 5) is 4.06. The summed E-state index contributed by atoms with van der Waals surface area (Å²) in [5, 5.41) is 6.03. The number of hydrogen-bond acceptors (Lipinski definition) is 3. The monoisotopic (exact) mass is 527 g/mol. The number of benzene rings is 2. The Balaban J connectivity index is 0.00000420. The molecule has 160 valence electrons. The first kappa shape index (κ1) is 24.8. The Morgan fingerprint density at radius 3 is 2.34 bits per heavy atom. The van der Waals surface area contributed by atoms with Crippen molar-refractivity contribution in [3.05, 3.63) is 59.4 Å². The molecule has 0 saturated heterocycles. The number of methoxy groups -OCH3 is 1. The summed E-state index contributed by atoms with van der Waals surface area (Å²) in [7, 11) is 2.92. The van der Waals surface area contributed by atoms with Crippen molar-refractivity contribution in [2.24, 2.45) is 4.99 Å². The summed E-state index contributed by atoms with van der Waals surface area (Å²) in [6.45, 7) is -0.819. The third kappa shape index (κ3) is 8.34. The molecule has 29 heavy (non-hydrogen) atoms. The second-order valence-electron chi connectivity index (χ2n) is 5.76. The van der Waals surface area contributed by atoms with E-state index in [1.807, 2.05) is 0 Å². The minimum absolute atomic E-state index is 0. The highest BCUT2D eigenvalue weighted by atomic mass is 127. The summed E-state index contributed by atoms with van der Waals surface area (Å²) in [6.07, 6.45) is -4.43. The van der Waals surface area contributed by atoms with Gasteiger partial charge in [-0.25, -0.2) is 4.39 Å². The molecule has 0 spiro atoms. The molecule has 5 nitrogen and oxygen atoms in total. The molecule has 0 aliphatic heterocycles. The first-order valence-electron chi connectivity index (χ1n) is 8.37. The molecule has 2 aromatic rings. The van der Waals surface area contributed by atoms with Crippen molar-refractivity contribution in [2.75, 3.05) is 20.8 Å². The van der Waals surface area contributed by atoms with Crippen LogP contribution in [0.3, 0.4) is 0 Å². The van der Waals surface area contributed by atoms with Crippen molar-refractivity contribution >= 4 is 29.9 Å². The van der Waals surface area contributed by atoms with Crippen molar-refractivity contribution in [3.63, 3.8) is 0 Å². The Hall–Kier alpha value is -2.24. The molecule has 0 fully saturated rings. The Morgan fingerprint density at radius 1 is 1.03 bits per heavy atom. The van der Waals surface area contributed by atoms with Crippen LogP contribution in [0.15, 0.2) is 47.5 Å². The number of rotatable bonds is 7. The third-order valence-electron chi connectivity index (χ3n) is 3.71. The predicted octanol–water partition coefficient (Wildman–Crippen LogP) is 4.26. The largest absolute Gasteiger partial charge is 0.493 e. The van der Waals surface area contributed by atoms with E-state index >= 15 is 0 Å². The van der Waals surface area contributed by atoms with E-state index in [0.717, 1.165) is 5.56 Å². The van der Waals surface area contributed by atoms with E-state index in [9.17, 15) is 17.6 Å². The maximum atomic E-state index is 13.7. The molecule has 0 amide bonds. The van der Waals surface area contributed by atoms with Gasteiger partial charge in [0.25, 0.3) is 0 Å². The van der Waals surface area contributed by atoms with E-state index in [4.69, 9.17) is 9.47 Å². The topological polar surface area (TPSA) is 54.9 Å². The number of aliphatic imine (C=N–C) groups is 1. The van der Waals surface area contributed by atoms with Crippen LogP contribution in [-0.2, 0) is 13.1 Å². The van der Waals surface area contributed by atoms with Crippen LogP contribution in [0.25, 0.3) is 0 Å². The van der Waals surface area contributed by atoms with E-state index in [-0.39, 0.29) is 47.8 Å². The van der Waals surface area contributed by atoms with Crippen molar-refractivity contribution in [2.45, 2.75) is 19.3 Å². The second-order valence-corrected chi connectivity index (χ2v) is 5.76.